The fourth-order valence-electron chi connectivity index (χ4n) is 1.99. The molecule has 1 N–H and O–H groups in total. The number of aliphatic hydroxyl groups is 1. The average Bonchev–Trinajstić information content (AvgIpc) is 2.93. The molecule has 0 aromatic carbocycles. The number of rotatable bonds is 5. The third-order valence-corrected chi connectivity index (χ3v) is 2.93. The van der Waals surface area contributed by atoms with Gasteiger partial charge in [-0.3, -0.25) is 4.68 Å². The third-order valence-electron chi connectivity index (χ3n) is 2.93. The van der Waals surface area contributed by atoms with E-state index in [2.05, 4.69) is 5.10 Å². The molecule has 1 aliphatic carbocycles. The second-order valence-electron chi connectivity index (χ2n) is 4.29. The largest absolute Gasteiger partial charge is 0.390 e. The molecule has 4 nitrogen and oxygen atoms in total. The lowest BCUT2D eigenvalue weighted by Gasteiger charge is -2.20. The van der Waals surface area contributed by atoms with E-state index in [0.29, 0.717) is 12.3 Å². The highest BCUT2D eigenvalue weighted by atomic mass is 16.5. The summed E-state index contributed by atoms with van der Waals surface area (Å²) in [5, 5.41) is 14.3. The molecule has 1 aliphatic rings. The first-order valence-corrected chi connectivity index (χ1v) is 5.40. The van der Waals surface area contributed by atoms with Crippen LogP contribution in [0.1, 0.15) is 18.5 Å². The summed E-state index contributed by atoms with van der Waals surface area (Å²) in [5.41, 5.74) is 0.924. The Balaban J connectivity index is 1.92. The molecule has 0 bridgehead atoms. The van der Waals surface area contributed by atoms with Crippen LogP contribution in [0, 0.1) is 5.92 Å². The van der Waals surface area contributed by atoms with Gasteiger partial charge in [0.25, 0.3) is 0 Å². The Hall–Kier alpha value is -0.870. The maximum atomic E-state index is 10.0. The molecule has 1 saturated carbocycles. The van der Waals surface area contributed by atoms with Gasteiger partial charge in [-0.15, -0.1) is 0 Å². The lowest BCUT2D eigenvalue weighted by Crippen LogP contribution is -2.32. The van der Waals surface area contributed by atoms with Gasteiger partial charge in [0, 0.05) is 26.8 Å². The summed E-state index contributed by atoms with van der Waals surface area (Å²) in [5.74, 6) is 0.550. The first-order chi connectivity index (χ1) is 7.20. The van der Waals surface area contributed by atoms with Crippen molar-refractivity contribution in [2.24, 2.45) is 13.0 Å². The van der Waals surface area contributed by atoms with Crippen molar-refractivity contribution in [3.63, 3.8) is 0 Å². The van der Waals surface area contributed by atoms with Gasteiger partial charge in [0.15, 0.2) is 0 Å². The van der Waals surface area contributed by atoms with E-state index in [9.17, 15) is 5.11 Å². The fraction of sp³-hybridized carbons (Fsp3) is 0.727. The zero-order valence-electron chi connectivity index (χ0n) is 9.26. The van der Waals surface area contributed by atoms with Gasteiger partial charge in [-0.05, 0) is 24.8 Å². The van der Waals surface area contributed by atoms with Crippen LogP contribution < -0.4 is 0 Å². The van der Waals surface area contributed by atoms with Crippen LogP contribution in [0.25, 0.3) is 0 Å². The Kier molecular flexibility index (Phi) is 3.07. The van der Waals surface area contributed by atoms with E-state index >= 15 is 0 Å². The first-order valence-electron chi connectivity index (χ1n) is 5.40. The molecular weight excluding hydrogens is 192 g/mol. The summed E-state index contributed by atoms with van der Waals surface area (Å²) in [6.07, 6.45) is 4.37. The highest BCUT2D eigenvalue weighted by molar-refractivity contribution is 5.02. The number of hydrogen-bond acceptors (Lipinski definition) is 3. The number of methoxy groups -OCH3 is 1. The summed E-state index contributed by atoms with van der Waals surface area (Å²) in [6, 6.07) is 1.93. The topological polar surface area (TPSA) is 47.3 Å². The quantitative estimate of drug-likeness (QED) is 0.780. The summed E-state index contributed by atoms with van der Waals surface area (Å²) < 4.78 is 7.08. The second-order valence-corrected chi connectivity index (χ2v) is 4.29. The van der Waals surface area contributed by atoms with Crippen molar-refractivity contribution >= 4 is 0 Å². The molecule has 0 aliphatic heterocycles. The Labute approximate surface area is 89.9 Å². The minimum atomic E-state index is -0.433. The van der Waals surface area contributed by atoms with Crippen LogP contribution in [-0.4, -0.2) is 34.2 Å². The van der Waals surface area contributed by atoms with Crippen molar-refractivity contribution in [3.05, 3.63) is 18.0 Å². The molecular formula is C11H18N2O2. The van der Waals surface area contributed by atoms with Crippen LogP contribution in [0.15, 0.2) is 12.3 Å². The van der Waals surface area contributed by atoms with Crippen LogP contribution in [-0.2, 0) is 18.2 Å². The van der Waals surface area contributed by atoms with E-state index in [-0.39, 0.29) is 6.10 Å². The van der Waals surface area contributed by atoms with Gasteiger partial charge in [-0.2, -0.15) is 5.10 Å². The highest BCUT2D eigenvalue weighted by Gasteiger charge is 2.36. The molecule has 2 unspecified atom stereocenters. The molecule has 0 saturated heterocycles. The summed E-state index contributed by atoms with van der Waals surface area (Å²) >= 11 is 0. The molecule has 1 aromatic heterocycles. The zero-order chi connectivity index (χ0) is 10.8. The van der Waals surface area contributed by atoms with Crippen LogP contribution >= 0.6 is 0 Å². The molecule has 4 heteroatoms. The molecule has 0 amide bonds. The summed E-state index contributed by atoms with van der Waals surface area (Å²) in [4.78, 5) is 0. The van der Waals surface area contributed by atoms with E-state index in [1.807, 2.05) is 19.3 Å². The van der Waals surface area contributed by atoms with Crippen molar-refractivity contribution in [1.29, 1.82) is 0 Å². The second kappa shape index (κ2) is 4.33. The molecule has 2 rings (SSSR count). The predicted molar refractivity (Wildman–Crippen MR) is 56.4 cm³/mol. The molecule has 1 fully saturated rings. The van der Waals surface area contributed by atoms with Gasteiger partial charge in [-0.25, -0.2) is 0 Å². The van der Waals surface area contributed by atoms with Gasteiger partial charge in [0.2, 0.25) is 0 Å². The Bertz CT molecular complexity index is 320. The molecule has 1 aromatic rings. The monoisotopic (exact) mass is 210 g/mol. The summed E-state index contributed by atoms with van der Waals surface area (Å²) in [6.45, 7) is 0. The van der Waals surface area contributed by atoms with Crippen LogP contribution in [0.4, 0.5) is 0 Å². The highest BCUT2D eigenvalue weighted by Crippen LogP contribution is 2.36. The number of hydrogen-bond donors (Lipinski definition) is 1. The van der Waals surface area contributed by atoms with Gasteiger partial charge in [-0.1, -0.05) is 0 Å². The van der Waals surface area contributed by atoms with Crippen molar-refractivity contribution in [2.75, 3.05) is 7.11 Å². The van der Waals surface area contributed by atoms with Gasteiger partial charge < -0.3 is 9.84 Å². The molecule has 1 heterocycles. The van der Waals surface area contributed by atoms with Crippen molar-refractivity contribution in [1.82, 2.24) is 9.78 Å². The zero-order valence-corrected chi connectivity index (χ0v) is 9.26. The van der Waals surface area contributed by atoms with Crippen LogP contribution in [0.3, 0.4) is 0 Å². The average molecular weight is 210 g/mol. The summed E-state index contributed by atoms with van der Waals surface area (Å²) in [7, 11) is 3.55. The minimum absolute atomic E-state index is 0.0213. The van der Waals surface area contributed by atoms with Crippen LogP contribution in [0.2, 0.25) is 0 Å². The Morgan fingerprint density at radius 3 is 2.87 bits per heavy atom. The van der Waals surface area contributed by atoms with E-state index in [0.717, 1.165) is 5.69 Å². The Morgan fingerprint density at radius 2 is 2.40 bits per heavy atom. The van der Waals surface area contributed by atoms with E-state index < -0.39 is 6.10 Å². The third kappa shape index (κ3) is 2.58. The lowest BCUT2D eigenvalue weighted by atomic mass is 10.0. The number of ether oxygens (including phenoxy) is 1. The van der Waals surface area contributed by atoms with E-state index in [1.54, 1.807) is 11.8 Å². The fourth-order valence-corrected chi connectivity index (χ4v) is 1.99. The van der Waals surface area contributed by atoms with Gasteiger partial charge in [0.1, 0.15) is 0 Å². The normalized spacial score (nSPS) is 20.2. The molecule has 2 atom stereocenters. The molecule has 84 valence electrons. The number of aromatic nitrogens is 2. The van der Waals surface area contributed by atoms with E-state index in [1.165, 1.54) is 12.8 Å². The van der Waals surface area contributed by atoms with Gasteiger partial charge in [0.05, 0.1) is 17.9 Å². The predicted octanol–water partition coefficient (Wildman–Crippen LogP) is 0.748. The molecule has 0 radical (unpaired) electrons. The van der Waals surface area contributed by atoms with E-state index in [4.69, 9.17) is 4.74 Å². The van der Waals surface area contributed by atoms with Crippen LogP contribution in [0.5, 0.6) is 0 Å². The maximum absolute atomic E-state index is 10.0. The van der Waals surface area contributed by atoms with Gasteiger partial charge >= 0.3 is 0 Å². The standard InChI is InChI=1S/C11H18N2O2/c1-13-6-5-9(12-13)7-10(14)11(15-2)8-3-4-8/h5-6,8,10-11,14H,3-4,7H2,1-2H3. The number of aryl methyl sites for hydroxylation is 1. The number of nitrogens with zero attached hydrogens (tertiary/aromatic N) is 2. The minimum Gasteiger partial charge on any atom is -0.390 e. The SMILES string of the molecule is COC(C(O)Cc1ccn(C)n1)C1CC1. The molecule has 15 heavy (non-hydrogen) atoms. The smallest absolute Gasteiger partial charge is 0.0862 e. The first kappa shape index (κ1) is 10.6. The lowest BCUT2D eigenvalue weighted by molar-refractivity contribution is -0.0242. The Morgan fingerprint density at radius 1 is 1.67 bits per heavy atom. The van der Waals surface area contributed by atoms with Crippen molar-refractivity contribution < 1.29 is 9.84 Å². The van der Waals surface area contributed by atoms with Crippen molar-refractivity contribution in [3.8, 4) is 0 Å². The molecule has 0 spiro atoms. The van der Waals surface area contributed by atoms with Crippen molar-refractivity contribution in [2.45, 2.75) is 31.5 Å². The maximum Gasteiger partial charge on any atom is 0.0862 e. The number of aliphatic hydroxyl groups excluding tert-OH is 1.